The summed E-state index contributed by atoms with van der Waals surface area (Å²) in [5.74, 6) is -1.43. The number of carbonyl (C=O) groups excluding carboxylic acids is 3. The van der Waals surface area contributed by atoms with Gasteiger partial charge in [0.05, 0.1) is 11.6 Å². The number of allylic oxidation sites excluding steroid dienone is 1. The number of esters is 1. The molecule has 3 aliphatic rings. The van der Waals surface area contributed by atoms with Crippen LogP contribution in [0.1, 0.15) is 50.7 Å². The van der Waals surface area contributed by atoms with Gasteiger partial charge in [-0.25, -0.2) is 4.79 Å². The van der Waals surface area contributed by atoms with Gasteiger partial charge in [0.1, 0.15) is 11.0 Å². The van der Waals surface area contributed by atoms with E-state index < -0.39 is 28.9 Å². The topological polar surface area (TPSA) is 84.5 Å². The van der Waals surface area contributed by atoms with Crippen LogP contribution < -0.4 is 10.6 Å². The number of ketones is 1. The van der Waals surface area contributed by atoms with Gasteiger partial charge in [-0.05, 0) is 80.8 Å². The highest BCUT2D eigenvalue weighted by Gasteiger charge is 2.59. The molecule has 37 heavy (non-hydrogen) atoms. The molecule has 0 fully saturated rings. The summed E-state index contributed by atoms with van der Waals surface area (Å²) in [4.78, 5) is 40.8. The van der Waals surface area contributed by atoms with E-state index in [1.165, 1.54) is 6.08 Å². The second kappa shape index (κ2) is 9.43. The smallest absolute Gasteiger partial charge is 0.336 e. The minimum atomic E-state index is -1.27. The van der Waals surface area contributed by atoms with Gasteiger partial charge >= 0.3 is 5.97 Å². The van der Waals surface area contributed by atoms with E-state index in [9.17, 15) is 14.4 Å². The van der Waals surface area contributed by atoms with E-state index >= 15 is 0 Å². The second-order valence-electron chi connectivity index (χ2n) is 10.7. The molecule has 2 aromatic carbocycles. The minimum Gasteiger partial charge on any atom is -0.457 e. The average molecular weight is 539 g/mol. The maximum Gasteiger partial charge on any atom is 0.336 e. The number of carbonyl (C=O) groups is 3. The Morgan fingerprint density at radius 3 is 2.57 bits per heavy atom. The molecule has 1 spiro atoms. The summed E-state index contributed by atoms with van der Waals surface area (Å²) in [6.07, 6.45) is 4.10. The Kier molecular flexibility index (Phi) is 6.55. The zero-order chi connectivity index (χ0) is 26.5. The predicted octanol–water partition coefficient (Wildman–Crippen LogP) is 5.50. The first-order valence-corrected chi connectivity index (χ1v) is 13.0. The lowest BCUT2D eigenvalue weighted by atomic mass is 9.57. The summed E-state index contributed by atoms with van der Waals surface area (Å²) in [6, 6.07) is 11.8. The van der Waals surface area contributed by atoms with E-state index in [2.05, 4.69) is 10.6 Å². The highest BCUT2D eigenvalue weighted by atomic mass is 35.5. The molecular weight excluding hydrogens is 511 g/mol. The Hall–Kier alpha value is -2.93. The van der Waals surface area contributed by atoms with Crippen LogP contribution in [0, 0.1) is 0 Å². The molecule has 0 saturated carbocycles. The lowest BCUT2D eigenvalue weighted by Gasteiger charge is -2.44. The molecule has 1 amide bonds. The van der Waals surface area contributed by atoms with Crippen LogP contribution in [0.3, 0.4) is 0 Å². The first-order valence-electron chi connectivity index (χ1n) is 12.3. The predicted molar refractivity (Wildman–Crippen MR) is 144 cm³/mol. The number of fused-ring (bicyclic) bond motifs is 2. The second-order valence-corrected chi connectivity index (χ2v) is 11.5. The minimum absolute atomic E-state index is 0.109. The van der Waals surface area contributed by atoms with Gasteiger partial charge in [0.2, 0.25) is 5.91 Å². The fourth-order valence-electron chi connectivity index (χ4n) is 5.74. The van der Waals surface area contributed by atoms with E-state index in [4.69, 9.17) is 27.9 Å². The summed E-state index contributed by atoms with van der Waals surface area (Å²) in [5.41, 5.74) is 0.999. The van der Waals surface area contributed by atoms with E-state index in [1.807, 2.05) is 24.3 Å². The zero-order valence-corrected chi connectivity index (χ0v) is 22.4. The molecule has 0 radical (unpaired) electrons. The number of nitrogens with one attached hydrogen (secondary N) is 2. The van der Waals surface area contributed by atoms with Crippen LogP contribution in [0.4, 0.5) is 5.69 Å². The molecule has 0 aromatic heterocycles. The zero-order valence-electron chi connectivity index (χ0n) is 20.9. The fourth-order valence-corrected chi connectivity index (χ4v) is 6.11. The standard InChI is InChI=1S/C29H28Cl2N2O4/c1-28(2,3)37-26(35)20-8-5-11-32-25(20)23-15-19(34)14-22(16-6-4-7-17(30)12-16)29(23)21-10-9-18(31)13-24(21)33-27(29)36/h4,6-10,12-13,15,22,25,32H,5,11,14H2,1-3H3,(H,33,36)/t22-,25?,29+/m0/s1. The normalized spacial score (nSPS) is 25.3. The average Bonchev–Trinajstić information content (AvgIpc) is 3.10. The molecule has 3 atom stereocenters. The lowest BCUT2D eigenvalue weighted by Crippen LogP contribution is -2.53. The molecular formula is C29H28Cl2N2O4. The van der Waals surface area contributed by atoms with E-state index in [-0.39, 0.29) is 18.1 Å². The monoisotopic (exact) mass is 538 g/mol. The lowest BCUT2D eigenvalue weighted by molar-refractivity contribution is -0.150. The molecule has 192 valence electrons. The largest absolute Gasteiger partial charge is 0.457 e. The van der Waals surface area contributed by atoms with Crippen molar-refractivity contribution in [3.8, 4) is 0 Å². The van der Waals surface area contributed by atoms with Crippen LogP contribution in [-0.2, 0) is 24.5 Å². The maximum atomic E-state index is 14.2. The molecule has 2 aliphatic heterocycles. The first kappa shape index (κ1) is 25.7. The van der Waals surface area contributed by atoms with Gasteiger partial charge in [-0.1, -0.05) is 47.5 Å². The van der Waals surface area contributed by atoms with Gasteiger partial charge in [0.15, 0.2) is 5.78 Å². The number of ether oxygens (including phenoxy) is 1. The van der Waals surface area contributed by atoms with Crippen molar-refractivity contribution in [1.29, 1.82) is 0 Å². The number of benzene rings is 2. The third-order valence-corrected chi connectivity index (χ3v) is 7.55. The summed E-state index contributed by atoms with van der Waals surface area (Å²) >= 11 is 12.7. The Bertz CT molecular complexity index is 1370. The first-order chi connectivity index (χ1) is 17.5. The number of hydrogen-bond acceptors (Lipinski definition) is 5. The third kappa shape index (κ3) is 4.52. The van der Waals surface area contributed by atoms with Crippen LogP contribution in [0.5, 0.6) is 0 Å². The van der Waals surface area contributed by atoms with Crippen LogP contribution in [0.2, 0.25) is 10.0 Å². The van der Waals surface area contributed by atoms with Crippen LogP contribution >= 0.6 is 23.2 Å². The summed E-state index contributed by atoms with van der Waals surface area (Å²) in [5, 5.41) is 7.40. The Balaban J connectivity index is 1.74. The van der Waals surface area contributed by atoms with Crippen molar-refractivity contribution in [2.75, 3.05) is 11.9 Å². The van der Waals surface area contributed by atoms with Crippen molar-refractivity contribution in [2.24, 2.45) is 0 Å². The van der Waals surface area contributed by atoms with Gasteiger partial charge in [-0.15, -0.1) is 0 Å². The fraction of sp³-hybridized carbons (Fsp3) is 0.345. The number of halogens is 2. The van der Waals surface area contributed by atoms with E-state index in [0.717, 1.165) is 5.56 Å². The summed E-state index contributed by atoms with van der Waals surface area (Å²) < 4.78 is 5.72. The SMILES string of the molecule is CC(C)(C)OC(=O)C1=CCCNC1C1=CC(=O)C[C@@H](c2cccc(Cl)c2)[C@@]12C(=O)Nc1cc(Cl)ccc12. The van der Waals surface area contributed by atoms with Crippen molar-refractivity contribution < 1.29 is 19.1 Å². The number of anilines is 1. The van der Waals surface area contributed by atoms with E-state index in [0.29, 0.717) is 45.4 Å². The Morgan fingerprint density at radius 2 is 1.84 bits per heavy atom. The third-order valence-electron chi connectivity index (χ3n) is 7.08. The highest BCUT2D eigenvalue weighted by Crippen LogP contribution is 2.57. The number of hydrogen-bond donors (Lipinski definition) is 2. The van der Waals surface area contributed by atoms with E-state index in [1.54, 1.807) is 45.0 Å². The van der Waals surface area contributed by atoms with Gasteiger partial charge in [0, 0.05) is 28.1 Å². The molecule has 0 bridgehead atoms. The van der Waals surface area contributed by atoms with Crippen LogP contribution in [0.15, 0.2) is 65.8 Å². The molecule has 6 nitrogen and oxygen atoms in total. The van der Waals surface area contributed by atoms with Crippen LogP contribution in [0.25, 0.3) is 0 Å². The maximum absolute atomic E-state index is 14.2. The van der Waals surface area contributed by atoms with Crippen molar-refractivity contribution >= 4 is 46.5 Å². The quantitative estimate of drug-likeness (QED) is 0.504. The molecule has 8 heteroatoms. The Labute approximate surface area is 226 Å². The van der Waals surface area contributed by atoms with Gasteiger partial charge < -0.3 is 15.4 Å². The van der Waals surface area contributed by atoms with Crippen molar-refractivity contribution in [2.45, 2.75) is 56.6 Å². The summed E-state index contributed by atoms with van der Waals surface area (Å²) in [6.45, 7) is 6.00. The Morgan fingerprint density at radius 1 is 1.08 bits per heavy atom. The molecule has 2 aromatic rings. The van der Waals surface area contributed by atoms with Gasteiger partial charge in [-0.2, -0.15) is 0 Å². The number of rotatable bonds is 3. The molecule has 0 saturated heterocycles. The molecule has 5 rings (SSSR count). The van der Waals surface area contributed by atoms with Crippen molar-refractivity contribution in [3.05, 3.63) is 86.9 Å². The van der Waals surface area contributed by atoms with Gasteiger partial charge in [-0.3, -0.25) is 9.59 Å². The molecule has 1 unspecified atom stereocenters. The molecule has 2 N–H and O–H groups in total. The number of amides is 1. The highest BCUT2D eigenvalue weighted by molar-refractivity contribution is 6.31. The van der Waals surface area contributed by atoms with Crippen LogP contribution in [-0.4, -0.2) is 35.8 Å². The molecule has 1 aliphatic carbocycles. The van der Waals surface area contributed by atoms with Crippen molar-refractivity contribution in [1.82, 2.24) is 5.32 Å². The van der Waals surface area contributed by atoms with Gasteiger partial charge in [0.25, 0.3) is 0 Å². The van der Waals surface area contributed by atoms with Crippen molar-refractivity contribution in [3.63, 3.8) is 0 Å². The summed E-state index contributed by atoms with van der Waals surface area (Å²) in [7, 11) is 0. The molecule has 2 heterocycles.